The van der Waals surface area contributed by atoms with Crippen molar-refractivity contribution in [3.05, 3.63) is 0 Å². The van der Waals surface area contributed by atoms with Gasteiger partial charge >= 0.3 is 0 Å². The van der Waals surface area contributed by atoms with E-state index in [-0.39, 0.29) is 5.75 Å². The van der Waals surface area contributed by atoms with Crippen LogP contribution in [0.25, 0.3) is 0 Å². The van der Waals surface area contributed by atoms with Crippen molar-refractivity contribution in [3.8, 4) is 0 Å². The first-order valence-electron chi connectivity index (χ1n) is 4.81. The van der Waals surface area contributed by atoms with Crippen LogP contribution < -0.4 is 4.72 Å². The third-order valence-electron chi connectivity index (χ3n) is 1.89. The van der Waals surface area contributed by atoms with E-state index in [1.54, 1.807) is 0 Å². The van der Waals surface area contributed by atoms with E-state index < -0.39 is 10.0 Å². The molecular weight excluding hydrogens is 238 g/mol. The van der Waals surface area contributed by atoms with E-state index in [1.165, 1.54) is 5.75 Å². The smallest absolute Gasteiger partial charge is 0.211 e. The largest absolute Gasteiger partial charge is 0.214 e. The topological polar surface area (TPSA) is 46.2 Å². The molecule has 1 N–H and O–H groups in total. The Bertz CT molecular complexity index is 247. The van der Waals surface area contributed by atoms with Crippen molar-refractivity contribution in [1.82, 2.24) is 4.72 Å². The Labute approximate surface area is 94.8 Å². The molecule has 0 aliphatic carbocycles. The number of nitrogens with one attached hydrogen (secondary N) is 1. The standard InChI is InChI=1S/C8H17NO2S3/c1-2-5-14(10,11)9-6-8-7-12-3-4-13-8/h8-9H,2-7H2,1H3. The van der Waals surface area contributed by atoms with Crippen LogP contribution in [0.4, 0.5) is 0 Å². The molecule has 1 heterocycles. The number of sulfonamides is 1. The van der Waals surface area contributed by atoms with Gasteiger partial charge < -0.3 is 0 Å². The summed E-state index contributed by atoms with van der Waals surface area (Å²) < 4.78 is 25.4. The van der Waals surface area contributed by atoms with Crippen molar-refractivity contribution < 1.29 is 8.42 Å². The van der Waals surface area contributed by atoms with Gasteiger partial charge in [-0.1, -0.05) is 6.92 Å². The molecule has 0 bridgehead atoms. The summed E-state index contributed by atoms with van der Waals surface area (Å²) in [5.41, 5.74) is 0. The molecule has 0 saturated carbocycles. The molecular formula is C8H17NO2S3. The highest BCUT2D eigenvalue weighted by Gasteiger charge is 2.17. The maximum Gasteiger partial charge on any atom is 0.211 e. The minimum Gasteiger partial charge on any atom is -0.214 e. The minimum absolute atomic E-state index is 0.248. The molecule has 0 aromatic carbocycles. The fraction of sp³-hybridized carbons (Fsp3) is 1.00. The van der Waals surface area contributed by atoms with Gasteiger partial charge in [0.1, 0.15) is 0 Å². The van der Waals surface area contributed by atoms with Crippen LogP contribution in [0.3, 0.4) is 0 Å². The second kappa shape index (κ2) is 6.25. The molecule has 0 spiro atoms. The molecule has 0 aromatic heterocycles. The molecule has 1 saturated heterocycles. The van der Waals surface area contributed by atoms with Crippen LogP contribution in [-0.2, 0) is 10.0 Å². The first kappa shape index (κ1) is 12.7. The van der Waals surface area contributed by atoms with E-state index in [9.17, 15) is 8.42 Å². The van der Waals surface area contributed by atoms with E-state index >= 15 is 0 Å². The molecule has 0 aromatic rings. The van der Waals surface area contributed by atoms with Crippen LogP contribution in [0.5, 0.6) is 0 Å². The van der Waals surface area contributed by atoms with Crippen LogP contribution in [-0.4, -0.2) is 43.2 Å². The first-order valence-corrected chi connectivity index (χ1v) is 8.66. The zero-order valence-corrected chi connectivity index (χ0v) is 10.8. The Kier molecular flexibility index (Phi) is 5.66. The lowest BCUT2D eigenvalue weighted by Crippen LogP contribution is -2.34. The lowest BCUT2D eigenvalue weighted by molar-refractivity contribution is 0.580. The quantitative estimate of drug-likeness (QED) is 0.801. The third-order valence-corrected chi connectivity index (χ3v) is 6.29. The van der Waals surface area contributed by atoms with Crippen LogP contribution in [0.1, 0.15) is 13.3 Å². The van der Waals surface area contributed by atoms with Gasteiger partial charge in [0.25, 0.3) is 0 Å². The summed E-state index contributed by atoms with van der Waals surface area (Å²) in [4.78, 5) is 0. The highest BCUT2D eigenvalue weighted by molar-refractivity contribution is 8.06. The van der Waals surface area contributed by atoms with Gasteiger partial charge in [0.15, 0.2) is 0 Å². The molecule has 1 aliphatic heterocycles. The van der Waals surface area contributed by atoms with Gasteiger partial charge in [0, 0.05) is 29.1 Å². The van der Waals surface area contributed by atoms with E-state index in [1.807, 2.05) is 30.4 Å². The third kappa shape index (κ3) is 4.91. The van der Waals surface area contributed by atoms with Gasteiger partial charge in [-0.05, 0) is 6.42 Å². The normalized spacial score (nSPS) is 23.6. The van der Waals surface area contributed by atoms with Crippen molar-refractivity contribution in [3.63, 3.8) is 0 Å². The zero-order chi connectivity index (χ0) is 10.4. The number of rotatable bonds is 5. The Balaban J connectivity index is 2.24. The number of hydrogen-bond donors (Lipinski definition) is 1. The van der Waals surface area contributed by atoms with Gasteiger partial charge in [0.05, 0.1) is 5.75 Å². The predicted octanol–water partition coefficient (Wildman–Crippen LogP) is 1.16. The van der Waals surface area contributed by atoms with E-state index in [4.69, 9.17) is 0 Å². The van der Waals surface area contributed by atoms with Gasteiger partial charge in [0.2, 0.25) is 10.0 Å². The van der Waals surface area contributed by atoms with Gasteiger partial charge in [-0.2, -0.15) is 23.5 Å². The fourth-order valence-electron chi connectivity index (χ4n) is 1.22. The van der Waals surface area contributed by atoms with Crippen LogP contribution in [0.2, 0.25) is 0 Å². The molecule has 3 nitrogen and oxygen atoms in total. The summed E-state index contributed by atoms with van der Waals surface area (Å²) in [6, 6.07) is 0. The predicted molar refractivity (Wildman–Crippen MR) is 65.7 cm³/mol. The number of thioether (sulfide) groups is 2. The minimum atomic E-state index is -3.00. The zero-order valence-electron chi connectivity index (χ0n) is 8.36. The van der Waals surface area contributed by atoms with Crippen LogP contribution in [0, 0.1) is 0 Å². The molecule has 0 amide bonds. The summed E-state index contributed by atoms with van der Waals surface area (Å²) in [6.07, 6.45) is 0.682. The van der Waals surface area contributed by atoms with Gasteiger partial charge in [-0.3, -0.25) is 0 Å². The molecule has 1 unspecified atom stereocenters. The van der Waals surface area contributed by atoms with Crippen molar-refractivity contribution in [2.45, 2.75) is 18.6 Å². The average Bonchev–Trinajstić information content (AvgIpc) is 2.17. The van der Waals surface area contributed by atoms with E-state index in [2.05, 4.69) is 4.72 Å². The summed E-state index contributed by atoms with van der Waals surface area (Å²) in [5, 5.41) is 0.459. The highest BCUT2D eigenvalue weighted by atomic mass is 32.2. The second-order valence-corrected chi connectivity index (χ2v) is 7.72. The second-order valence-electron chi connectivity index (χ2n) is 3.24. The fourth-order valence-corrected chi connectivity index (χ4v) is 5.07. The van der Waals surface area contributed by atoms with Crippen molar-refractivity contribution in [2.75, 3.05) is 29.6 Å². The highest BCUT2D eigenvalue weighted by Crippen LogP contribution is 2.23. The SMILES string of the molecule is CCCS(=O)(=O)NCC1CSCCS1. The molecule has 1 rings (SSSR count). The Morgan fingerprint density at radius 3 is 2.79 bits per heavy atom. The van der Waals surface area contributed by atoms with Crippen LogP contribution in [0.15, 0.2) is 0 Å². The van der Waals surface area contributed by atoms with Gasteiger partial charge in [-0.15, -0.1) is 0 Å². The monoisotopic (exact) mass is 255 g/mol. The number of hydrogen-bond acceptors (Lipinski definition) is 4. The lowest BCUT2D eigenvalue weighted by Gasteiger charge is -2.20. The van der Waals surface area contributed by atoms with Crippen molar-refractivity contribution in [2.24, 2.45) is 0 Å². The lowest BCUT2D eigenvalue weighted by atomic mass is 10.5. The van der Waals surface area contributed by atoms with E-state index in [0.717, 1.165) is 11.5 Å². The Morgan fingerprint density at radius 1 is 1.43 bits per heavy atom. The summed E-state index contributed by atoms with van der Waals surface area (Å²) in [7, 11) is -3.00. The molecule has 14 heavy (non-hydrogen) atoms. The average molecular weight is 255 g/mol. The first-order chi connectivity index (χ1) is 6.64. The molecule has 1 aliphatic rings. The van der Waals surface area contributed by atoms with Gasteiger partial charge in [-0.25, -0.2) is 13.1 Å². The molecule has 84 valence electrons. The molecule has 6 heteroatoms. The van der Waals surface area contributed by atoms with Crippen LogP contribution >= 0.6 is 23.5 Å². The molecule has 1 atom stereocenters. The molecule has 0 radical (unpaired) electrons. The Hall–Kier alpha value is 0.610. The maximum absolute atomic E-state index is 11.3. The Morgan fingerprint density at radius 2 is 2.21 bits per heavy atom. The van der Waals surface area contributed by atoms with Crippen molar-refractivity contribution >= 4 is 33.5 Å². The summed E-state index contributed by atoms with van der Waals surface area (Å²) in [6.45, 7) is 2.48. The summed E-state index contributed by atoms with van der Waals surface area (Å²) >= 11 is 3.79. The van der Waals surface area contributed by atoms with E-state index in [0.29, 0.717) is 18.2 Å². The van der Waals surface area contributed by atoms with Crippen molar-refractivity contribution in [1.29, 1.82) is 0 Å². The molecule has 1 fully saturated rings. The maximum atomic E-state index is 11.3. The summed E-state index contributed by atoms with van der Waals surface area (Å²) in [5.74, 6) is 3.66.